The molecule has 0 saturated heterocycles. The fourth-order valence-corrected chi connectivity index (χ4v) is 2.85. The first kappa shape index (κ1) is 17.1. The average Bonchev–Trinajstić information content (AvgIpc) is 2.61. The summed E-state index contributed by atoms with van der Waals surface area (Å²) in [5, 5.41) is 2.98. The van der Waals surface area contributed by atoms with Crippen molar-refractivity contribution in [2.24, 2.45) is 5.73 Å². The van der Waals surface area contributed by atoms with Gasteiger partial charge in [0.2, 0.25) is 5.91 Å². The average molecular weight is 360 g/mol. The Labute approximate surface area is 150 Å². The van der Waals surface area contributed by atoms with Gasteiger partial charge in [0.05, 0.1) is 6.54 Å². The highest BCUT2D eigenvalue weighted by Gasteiger charge is 2.21. The Hall–Kier alpha value is -2.73. The minimum absolute atomic E-state index is 0.0916. The molecule has 2 aromatic carbocycles. The van der Waals surface area contributed by atoms with Crippen LogP contribution in [-0.4, -0.2) is 29.9 Å². The maximum Gasteiger partial charge on any atom is 0.312 e. The van der Waals surface area contributed by atoms with Gasteiger partial charge in [-0.25, -0.2) is 4.79 Å². The van der Waals surface area contributed by atoms with Crippen molar-refractivity contribution in [3.8, 4) is 11.5 Å². The maximum atomic E-state index is 12.1. The van der Waals surface area contributed by atoms with E-state index in [1.54, 1.807) is 29.2 Å². The topological polar surface area (TPSA) is 84.7 Å². The van der Waals surface area contributed by atoms with Crippen LogP contribution in [0.5, 0.6) is 11.5 Å². The van der Waals surface area contributed by atoms with E-state index in [9.17, 15) is 9.59 Å². The highest BCUT2D eigenvalue weighted by atomic mass is 35.5. The summed E-state index contributed by atoms with van der Waals surface area (Å²) in [6, 6.07) is 12.3. The Morgan fingerprint density at radius 2 is 1.84 bits per heavy atom. The van der Waals surface area contributed by atoms with E-state index < -0.39 is 6.03 Å². The van der Waals surface area contributed by atoms with Gasteiger partial charge in [-0.05, 0) is 53.9 Å². The lowest BCUT2D eigenvalue weighted by Gasteiger charge is -2.29. The van der Waals surface area contributed by atoms with Gasteiger partial charge >= 0.3 is 6.03 Å². The van der Waals surface area contributed by atoms with E-state index in [0.717, 1.165) is 12.0 Å². The SMILES string of the molecule is NC(=O)NCC(=O)N1CCc2ccc(Oc3ccc(Cl)cc3)cc2C1. The monoisotopic (exact) mass is 359 g/mol. The van der Waals surface area contributed by atoms with E-state index in [-0.39, 0.29) is 12.5 Å². The van der Waals surface area contributed by atoms with Gasteiger partial charge in [-0.2, -0.15) is 0 Å². The third kappa shape index (κ3) is 4.42. The summed E-state index contributed by atoms with van der Waals surface area (Å²) in [6.45, 7) is 1.00. The molecule has 7 heteroatoms. The van der Waals surface area contributed by atoms with Crippen LogP contribution in [0.3, 0.4) is 0 Å². The van der Waals surface area contributed by atoms with Gasteiger partial charge in [0.25, 0.3) is 0 Å². The van der Waals surface area contributed by atoms with Crippen molar-refractivity contribution in [1.29, 1.82) is 0 Å². The molecule has 0 radical (unpaired) electrons. The molecular formula is C18H18ClN3O3. The summed E-state index contributed by atoms with van der Waals surface area (Å²) in [5.74, 6) is 1.23. The molecule has 3 amide bonds. The molecule has 0 fully saturated rings. The van der Waals surface area contributed by atoms with Gasteiger partial charge in [-0.1, -0.05) is 17.7 Å². The molecule has 0 aromatic heterocycles. The lowest BCUT2D eigenvalue weighted by atomic mass is 9.99. The first-order chi connectivity index (χ1) is 12.0. The quantitative estimate of drug-likeness (QED) is 0.880. The van der Waals surface area contributed by atoms with Crippen LogP contribution in [0.15, 0.2) is 42.5 Å². The van der Waals surface area contributed by atoms with E-state index in [1.807, 2.05) is 18.2 Å². The number of fused-ring (bicyclic) bond motifs is 1. The minimum atomic E-state index is -0.704. The van der Waals surface area contributed by atoms with Crippen LogP contribution in [0.4, 0.5) is 4.79 Å². The third-order valence-corrected chi connectivity index (χ3v) is 4.26. The molecular weight excluding hydrogens is 342 g/mol. The summed E-state index contributed by atoms with van der Waals surface area (Å²) >= 11 is 5.87. The van der Waals surface area contributed by atoms with E-state index in [4.69, 9.17) is 22.1 Å². The second kappa shape index (κ2) is 7.44. The van der Waals surface area contributed by atoms with E-state index in [1.165, 1.54) is 5.56 Å². The summed E-state index contributed by atoms with van der Waals surface area (Å²) in [4.78, 5) is 24.6. The van der Waals surface area contributed by atoms with Crippen molar-refractivity contribution in [3.63, 3.8) is 0 Å². The van der Waals surface area contributed by atoms with Gasteiger partial charge in [-0.3, -0.25) is 4.79 Å². The number of nitrogens with one attached hydrogen (secondary N) is 1. The number of halogens is 1. The van der Waals surface area contributed by atoms with Crippen molar-refractivity contribution in [3.05, 3.63) is 58.6 Å². The fourth-order valence-electron chi connectivity index (χ4n) is 2.72. The second-order valence-electron chi connectivity index (χ2n) is 5.77. The molecule has 0 saturated carbocycles. The Balaban J connectivity index is 1.69. The van der Waals surface area contributed by atoms with Crippen LogP contribution in [-0.2, 0) is 17.8 Å². The zero-order valence-corrected chi connectivity index (χ0v) is 14.3. The zero-order chi connectivity index (χ0) is 17.8. The largest absolute Gasteiger partial charge is 0.457 e. The van der Waals surface area contributed by atoms with E-state index in [0.29, 0.717) is 29.6 Å². The molecule has 6 nitrogen and oxygen atoms in total. The van der Waals surface area contributed by atoms with E-state index >= 15 is 0 Å². The number of amides is 3. The van der Waals surface area contributed by atoms with Gasteiger partial charge in [0.1, 0.15) is 11.5 Å². The summed E-state index contributed by atoms with van der Waals surface area (Å²) < 4.78 is 5.84. The normalized spacial score (nSPS) is 13.1. The molecule has 0 aliphatic carbocycles. The standard InChI is InChI=1S/C18H18ClN3O3/c19-14-2-5-15(6-3-14)25-16-4-1-12-7-8-22(11-13(12)9-16)17(23)10-21-18(20)24/h1-6,9H,7-8,10-11H2,(H3,20,21,24). The van der Waals surface area contributed by atoms with Crippen LogP contribution in [0, 0.1) is 0 Å². The Morgan fingerprint density at radius 1 is 1.12 bits per heavy atom. The van der Waals surface area contributed by atoms with Crippen LogP contribution in [0.25, 0.3) is 0 Å². The molecule has 0 bridgehead atoms. The van der Waals surface area contributed by atoms with Crippen molar-refractivity contribution >= 4 is 23.5 Å². The first-order valence-electron chi connectivity index (χ1n) is 7.87. The Bertz CT molecular complexity index is 793. The molecule has 0 atom stereocenters. The van der Waals surface area contributed by atoms with Crippen LogP contribution in [0.1, 0.15) is 11.1 Å². The second-order valence-corrected chi connectivity index (χ2v) is 6.21. The molecule has 2 aromatic rings. The third-order valence-electron chi connectivity index (χ3n) is 4.01. The summed E-state index contributed by atoms with van der Waals surface area (Å²) in [5.41, 5.74) is 7.23. The highest BCUT2D eigenvalue weighted by Crippen LogP contribution is 2.28. The maximum absolute atomic E-state index is 12.1. The number of carbonyl (C=O) groups excluding carboxylic acids is 2. The zero-order valence-electron chi connectivity index (χ0n) is 13.5. The molecule has 1 aliphatic heterocycles. The fraction of sp³-hybridized carbons (Fsp3) is 0.222. The molecule has 1 heterocycles. The van der Waals surface area contributed by atoms with Gasteiger partial charge in [0, 0.05) is 18.1 Å². The number of hydrogen-bond acceptors (Lipinski definition) is 3. The van der Waals surface area contributed by atoms with Gasteiger partial charge in [0.15, 0.2) is 0 Å². The number of rotatable bonds is 4. The number of benzene rings is 2. The molecule has 3 N–H and O–H groups in total. The van der Waals surface area contributed by atoms with Crippen LogP contribution < -0.4 is 15.8 Å². The van der Waals surface area contributed by atoms with Gasteiger partial charge in [-0.15, -0.1) is 0 Å². The number of primary amides is 1. The smallest absolute Gasteiger partial charge is 0.312 e. The number of urea groups is 1. The lowest BCUT2D eigenvalue weighted by molar-refractivity contribution is -0.130. The Morgan fingerprint density at radius 3 is 2.56 bits per heavy atom. The van der Waals surface area contributed by atoms with Crippen LogP contribution in [0.2, 0.25) is 5.02 Å². The number of ether oxygens (including phenoxy) is 1. The molecule has 1 aliphatic rings. The molecule has 25 heavy (non-hydrogen) atoms. The number of nitrogens with zero attached hydrogens (tertiary/aromatic N) is 1. The summed E-state index contributed by atoms with van der Waals surface area (Å²) in [6.07, 6.45) is 0.763. The van der Waals surface area contributed by atoms with Gasteiger partial charge < -0.3 is 20.7 Å². The predicted octanol–water partition coefficient (Wildman–Crippen LogP) is 2.69. The lowest BCUT2D eigenvalue weighted by Crippen LogP contribution is -2.43. The summed E-state index contributed by atoms with van der Waals surface area (Å²) in [7, 11) is 0. The molecule has 0 unspecified atom stereocenters. The van der Waals surface area contributed by atoms with E-state index in [2.05, 4.69) is 5.32 Å². The molecule has 0 spiro atoms. The van der Waals surface area contributed by atoms with Crippen molar-refractivity contribution in [2.45, 2.75) is 13.0 Å². The number of carbonyl (C=O) groups is 2. The number of nitrogens with two attached hydrogens (primary N) is 1. The number of hydrogen-bond donors (Lipinski definition) is 2. The highest BCUT2D eigenvalue weighted by molar-refractivity contribution is 6.30. The Kier molecular flexibility index (Phi) is 5.09. The molecule has 130 valence electrons. The predicted molar refractivity (Wildman–Crippen MR) is 94.7 cm³/mol. The van der Waals surface area contributed by atoms with Crippen molar-refractivity contribution in [2.75, 3.05) is 13.1 Å². The molecule has 3 rings (SSSR count). The van der Waals surface area contributed by atoms with Crippen LogP contribution >= 0.6 is 11.6 Å². The minimum Gasteiger partial charge on any atom is -0.457 e. The van der Waals surface area contributed by atoms with Crippen molar-refractivity contribution in [1.82, 2.24) is 10.2 Å². The first-order valence-corrected chi connectivity index (χ1v) is 8.25. The van der Waals surface area contributed by atoms with Crippen molar-refractivity contribution < 1.29 is 14.3 Å².